The molecular weight excluding hydrogens is 598 g/mol. The number of nitrogens with one attached hydrogen (secondary N) is 1. The third kappa shape index (κ3) is 8.30. The number of likely N-dealkylation sites (tertiary alicyclic amines) is 1. The van der Waals surface area contributed by atoms with Crippen LogP contribution in [0.15, 0.2) is 54.7 Å². The van der Waals surface area contributed by atoms with Crippen molar-refractivity contribution in [3.63, 3.8) is 0 Å². The molecule has 1 atom stereocenters. The van der Waals surface area contributed by atoms with Gasteiger partial charge in [0.2, 0.25) is 0 Å². The summed E-state index contributed by atoms with van der Waals surface area (Å²) in [5.74, 6) is -0.233. The number of rotatable bonds is 11. The van der Waals surface area contributed by atoms with Gasteiger partial charge in [-0.2, -0.15) is 0 Å². The molecule has 4 aromatic rings. The number of carbonyl (C=O) groups excluding carboxylic acids is 1. The fraction of sp³-hybridized carbons (Fsp3) is 0.474. The molecule has 47 heavy (non-hydrogen) atoms. The molecule has 1 aliphatic rings. The number of benzene rings is 2. The number of halogens is 2. The van der Waals surface area contributed by atoms with Crippen LogP contribution in [0.25, 0.3) is 22.2 Å². The Kier molecular flexibility index (Phi) is 10.8. The van der Waals surface area contributed by atoms with E-state index in [1.54, 1.807) is 4.90 Å². The molecule has 1 saturated heterocycles. The maximum atomic E-state index is 15.1. The van der Waals surface area contributed by atoms with Crippen molar-refractivity contribution in [1.82, 2.24) is 19.8 Å². The summed E-state index contributed by atoms with van der Waals surface area (Å²) in [6.07, 6.45) is 6.77. The van der Waals surface area contributed by atoms with Gasteiger partial charge in [0.05, 0.1) is 19.3 Å². The van der Waals surface area contributed by atoms with E-state index >= 15 is 4.39 Å². The molecule has 0 saturated carbocycles. The largest absolute Gasteiger partial charge is 0.496 e. The van der Waals surface area contributed by atoms with E-state index in [0.717, 1.165) is 69.4 Å². The summed E-state index contributed by atoms with van der Waals surface area (Å²) in [5.41, 5.74) is 4.20. The first-order valence-electron chi connectivity index (χ1n) is 16.8. The highest BCUT2D eigenvalue weighted by atomic mass is 19.1. The molecule has 1 amide bonds. The van der Waals surface area contributed by atoms with E-state index in [1.165, 1.54) is 37.1 Å². The molecule has 0 radical (unpaired) electrons. The molecule has 0 spiro atoms. The first-order chi connectivity index (χ1) is 22.5. The van der Waals surface area contributed by atoms with Crippen LogP contribution in [0, 0.1) is 11.6 Å². The predicted molar refractivity (Wildman–Crippen MR) is 183 cm³/mol. The lowest BCUT2D eigenvalue weighted by molar-refractivity contribution is 0.0211. The summed E-state index contributed by atoms with van der Waals surface area (Å²) < 4.78 is 40.3. The van der Waals surface area contributed by atoms with Gasteiger partial charge < -0.3 is 24.3 Å². The number of ether oxygens (including phenoxy) is 2. The second-order valence-electron chi connectivity index (χ2n) is 13.7. The van der Waals surface area contributed by atoms with Gasteiger partial charge in [-0.25, -0.2) is 18.6 Å². The zero-order valence-corrected chi connectivity index (χ0v) is 28.5. The first kappa shape index (κ1) is 34.4. The van der Waals surface area contributed by atoms with Gasteiger partial charge in [-0.1, -0.05) is 37.6 Å². The van der Waals surface area contributed by atoms with Crippen molar-refractivity contribution >= 4 is 17.1 Å². The fourth-order valence-electron chi connectivity index (χ4n) is 6.64. The minimum Gasteiger partial charge on any atom is -0.496 e. The van der Waals surface area contributed by atoms with Crippen LogP contribution in [0.5, 0.6) is 5.75 Å². The molecule has 1 aliphatic heterocycles. The highest BCUT2D eigenvalue weighted by Crippen LogP contribution is 2.39. The zero-order valence-electron chi connectivity index (χ0n) is 28.5. The summed E-state index contributed by atoms with van der Waals surface area (Å²) in [5, 5.41) is 0.634. The number of piperidine rings is 1. The van der Waals surface area contributed by atoms with Crippen LogP contribution >= 0.6 is 0 Å². The summed E-state index contributed by atoms with van der Waals surface area (Å²) >= 11 is 0. The van der Waals surface area contributed by atoms with Crippen LogP contribution < -0.4 is 4.74 Å². The number of methoxy groups -OCH3 is 1. The molecule has 5 rings (SSSR count). The normalized spacial score (nSPS) is 15.1. The van der Waals surface area contributed by atoms with E-state index < -0.39 is 17.2 Å². The van der Waals surface area contributed by atoms with Gasteiger partial charge in [0, 0.05) is 35.2 Å². The molecule has 0 bridgehead atoms. The Balaban J connectivity index is 1.16. The highest BCUT2D eigenvalue weighted by Gasteiger charge is 2.27. The van der Waals surface area contributed by atoms with Crippen LogP contribution in [0.1, 0.15) is 88.6 Å². The zero-order chi connectivity index (χ0) is 33.7. The molecule has 1 unspecified atom stereocenters. The molecule has 0 aliphatic carbocycles. The third-order valence-electron chi connectivity index (χ3n) is 9.11. The lowest BCUT2D eigenvalue weighted by Gasteiger charge is -2.31. The minimum atomic E-state index is -0.527. The molecule has 3 heterocycles. The quantitative estimate of drug-likeness (QED) is 0.176. The van der Waals surface area contributed by atoms with E-state index in [0.29, 0.717) is 33.8 Å². The molecular formula is C38H48F2N4O3. The summed E-state index contributed by atoms with van der Waals surface area (Å²) in [4.78, 5) is 24.7. The van der Waals surface area contributed by atoms with E-state index in [4.69, 9.17) is 9.47 Å². The van der Waals surface area contributed by atoms with Crippen LogP contribution in [0.4, 0.5) is 13.6 Å². The Morgan fingerprint density at radius 3 is 2.49 bits per heavy atom. The number of fused-ring (bicyclic) bond motifs is 1. The van der Waals surface area contributed by atoms with E-state index in [9.17, 15) is 9.18 Å². The summed E-state index contributed by atoms with van der Waals surface area (Å²) in [7, 11) is 3.32. The standard InChI is InChI=1S/C38H48F2N4O3/c1-7-9-33(43(5)37(45)47-38(2,3)4)27-13-11-25(12-14-27)10-8-19-44-20-17-26(18-21-44)32-23-30-35(31(40)24-41-36(30)42-32)29-22-28(39)15-16-34(29)46-6/h11-16,22-24,26,33H,7-10,17-21H2,1-6H3,(H,41,42). The monoisotopic (exact) mass is 646 g/mol. The van der Waals surface area contributed by atoms with Gasteiger partial charge in [0.1, 0.15) is 28.6 Å². The molecule has 1 fully saturated rings. The molecule has 252 valence electrons. The Morgan fingerprint density at radius 1 is 1.11 bits per heavy atom. The number of amides is 1. The molecule has 1 N–H and O–H groups in total. The van der Waals surface area contributed by atoms with Crippen molar-refractivity contribution in [2.24, 2.45) is 0 Å². The second-order valence-corrected chi connectivity index (χ2v) is 13.7. The number of H-pyrrole nitrogens is 1. The van der Waals surface area contributed by atoms with Crippen LogP contribution in [0.3, 0.4) is 0 Å². The van der Waals surface area contributed by atoms with Gasteiger partial charge in [-0.3, -0.25) is 0 Å². The Bertz CT molecular complexity index is 1660. The number of nitrogens with zero attached hydrogens (tertiary/aromatic N) is 3. The Morgan fingerprint density at radius 2 is 1.83 bits per heavy atom. The van der Waals surface area contributed by atoms with Crippen LogP contribution in [0.2, 0.25) is 0 Å². The number of aryl methyl sites for hydroxylation is 1. The van der Waals surface area contributed by atoms with Gasteiger partial charge in [0.25, 0.3) is 0 Å². The molecule has 7 nitrogen and oxygen atoms in total. The second kappa shape index (κ2) is 14.8. The predicted octanol–water partition coefficient (Wildman–Crippen LogP) is 9.04. The Labute approximate surface area is 277 Å². The average molecular weight is 647 g/mol. The topological polar surface area (TPSA) is 70.7 Å². The van der Waals surface area contributed by atoms with Crippen LogP contribution in [-0.2, 0) is 11.2 Å². The van der Waals surface area contributed by atoms with Crippen molar-refractivity contribution in [3.05, 3.63) is 83.2 Å². The number of aromatic nitrogens is 2. The first-order valence-corrected chi connectivity index (χ1v) is 16.8. The van der Waals surface area contributed by atoms with E-state index in [2.05, 4.69) is 46.1 Å². The van der Waals surface area contributed by atoms with E-state index in [-0.39, 0.29) is 12.1 Å². The van der Waals surface area contributed by atoms with Crippen LogP contribution in [-0.4, -0.2) is 65.3 Å². The average Bonchev–Trinajstić information content (AvgIpc) is 3.47. The van der Waals surface area contributed by atoms with Gasteiger partial charge >= 0.3 is 6.09 Å². The van der Waals surface area contributed by atoms with Gasteiger partial charge in [-0.15, -0.1) is 0 Å². The number of carbonyl (C=O) groups is 1. The maximum absolute atomic E-state index is 15.1. The van der Waals surface area contributed by atoms with Crippen molar-refractivity contribution < 1.29 is 23.0 Å². The minimum absolute atomic E-state index is 0.0204. The molecule has 2 aromatic carbocycles. The lowest BCUT2D eigenvalue weighted by atomic mass is 9.92. The van der Waals surface area contributed by atoms with Crippen molar-refractivity contribution in [2.45, 2.75) is 83.8 Å². The van der Waals surface area contributed by atoms with Crippen molar-refractivity contribution in [2.75, 3.05) is 33.8 Å². The highest BCUT2D eigenvalue weighted by molar-refractivity contribution is 5.95. The van der Waals surface area contributed by atoms with Gasteiger partial charge in [-0.05, 0) is 108 Å². The number of hydrogen-bond donors (Lipinski definition) is 1. The summed E-state index contributed by atoms with van der Waals surface area (Å²) in [6, 6.07) is 14.8. The molecule has 2 aromatic heterocycles. The smallest absolute Gasteiger partial charge is 0.410 e. The lowest BCUT2D eigenvalue weighted by Crippen LogP contribution is -2.36. The Hall–Kier alpha value is -3.98. The van der Waals surface area contributed by atoms with Crippen molar-refractivity contribution in [1.29, 1.82) is 0 Å². The fourth-order valence-corrected chi connectivity index (χ4v) is 6.64. The van der Waals surface area contributed by atoms with E-state index in [1.807, 2.05) is 33.9 Å². The van der Waals surface area contributed by atoms with Crippen molar-refractivity contribution in [3.8, 4) is 16.9 Å². The summed E-state index contributed by atoms with van der Waals surface area (Å²) in [6.45, 7) is 10.8. The number of aromatic amines is 1. The maximum Gasteiger partial charge on any atom is 0.410 e. The number of pyridine rings is 1. The molecule has 9 heteroatoms. The SMILES string of the molecule is CCCC(c1ccc(CCCN2CCC(c3cc4c(-c5cc(F)ccc5OC)c(F)cnc4[nH]3)CC2)cc1)N(C)C(=O)OC(C)(C)C. The third-order valence-corrected chi connectivity index (χ3v) is 9.11. The van der Waals surface area contributed by atoms with Gasteiger partial charge in [0.15, 0.2) is 0 Å². The number of hydrogen-bond acceptors (Lipinski definition) is 5.